The fourth-order valence-corrected chi connectivity index (χ4v) is 3.21. The smallest absolute Gasteiger partial charge is 0.132 e. The molecule has 1 aromatic heterocycles. The number of halogens is 1. The number of alkyl halides is 1. The molecule has 4 nitrogen and oxygen atoms in total. The van der Waals surface area contributed by atoms with Crippen LogP contribution in [0.1, 0.15) is 25.1 Å². The molecule has 0 amide bonds. The highest BCUT2D eigenvalue weighted by molar-refractivity contribution is 5.38. The predicted molar refractivity (Wildman–Crippen MR) is 73.1 cm³/mol. The van der Waals surface area contributed by atoms with Crippen LogP contribution in [0.4, 0.5) is 10.2 Å². The van der Waals surface area contributed by atoms with Crippen molar-refractivity contribution in [1.82, 2.24) is 14.9 Å². The van der Waals surface area contributed by atoms with E-state index in [2.05, 4.69) is 19.8 Å². The van der Waals surface area contributed by atoms with Crippen LogP contribution in [-0.4, -0.2) is 53.3 Å². The molecule has 19 heavy (non-hydrogen) atoms. The first-order valence-corrected chi connectivity index (χ1v) is 7.17. The molecule has 0 radical (unpaired) electrons. The van der Waals surface area contributed by atoms with Gasteiger partial charge in [-0.1, -0.05) is 0 Å². The molecule has 1 saturated carbocycles. The molecular formula is C14H21FN4. The maximum absolute atomic E-state index is 13.8. The Bertz CT molecular complexity index is 431. The molecule has 0 aromatic carbocycles. The molecule has 2 fully saturated rings. The van der Waals surface area contributed by atoms with E-state index in [1.54, 1.807) is 6.20 Å². The van der Waals surface area contributed by atoms with Gasteiger partial charge in [0.05, 0.1) is 0 Å². The summed E-state index contributed by atoms with van der Waals surface area (Å²) in [6, 6.07) is 2.12. The standard InChI is InChI=1S/C14H21FN4/c1-11-16-6-5-14(17-11)19-9-7-18(8-10-19)13-4-2-3-12(13)15/h5-6,12-13H,2-4,7-10H2,1H3. The minimum absolute atomic E-state index is 0.161. The molecule has 0 spiro atoms. The van der Waals surface area contributed by atoms with Gasteiger partial charge >= 0.3 is 0 Å². The zero-order valence-electron chi connectivity index (χ0n) is 11.4. The molecule has 1 saturated heterocycles. The largest absolute Gasteiger partial charge is 0.354 e. The van der Waals surface area contributed by atoms with Crippen LogP contribution in [0.3, 0.4) is 0 Å². The maximum Gasteiger partial charge on any atom is 0.132 e. The number of hydrogen-bond acceptors (Lipinski definition) is 4. The summed E-state index contributed by atoms with van der Waals surface area (Å²) in [7, 11) is 0. The Morgan fingerprint density at radius 2 is 2.00 bits per heavy atom. The van der Waals surface area contributed by atoms with Gasteiger partial charge in [-0.2, -0.15) is 0 Å². The van der Waals surface area contributed by atoms with Gasteiger partial charge in [0.1, 0.15) is 17.8 Å². The summed E-state index contributed by atoms with van der Waals surface area (Å²) < 4.78 is 13.8. The van der Waals surface area contributed by atoms with Gasteiger partial charge in [-0.3, -0.25) is 4.90 Å². The Labute approximate surface area is 113 Å². The normalized spacial score (nSPS) is 28.8. The minimum atomic E-state index is -0.618. The maximum atomic E-state index is 13.8. The van der Waals surface area contributed by atoms with Crippen LogP contribution >= 0.6 is 0 Å². The third-order valence-electron chi connectivity index (χ3n) is 4.27. The average molecular weight is 264 g/mol. The summed E-state index contributed by atoms with van der Waals surface area (Å²) in [5.41, 5.74) is 0. The Balaban J connectivity index is 1.60. The van der Waals surface area contributed by atoms with Crippen molar-refractivity contribution in [2.45, 2.75) is 38.4 Å². The summed E-state index contributed by atoms with van der Waals surface area (Å²) in [4.78, 5) is 13.2. The summed E-state index contributed by atoms with van der Waals surface area (Å²) in [6.07, 6.45) is 3.99. The molecule has 2 atom stereocenters. The molecule has 0 N–H and O–H groups in total. The topological polar surface area (TPSA) is 32.3 Å². The van der Waals surface area contributed by atoms with Crippen LogP contribution in [0.2, 0.25) is 0 Å². The molecule has 2 heterocycles. The first kappa shape index (κ1) is 12.8. The number of aromatic nitrogens is 2. The Hall–Kier alpha value is -1.23. The SMILES string of the molecule is Cc1nccc(N2CCN(C3CCCC3F)CC2)n1. The third-order valence-corrected chi connectivity index (χ3v) is 4.27. The first-order valence-electron chi connectivity index (χ1n) is 7.17. The molecule has 1 aliphatic carbocycles. The molecule has 2 aliphatic rings. The molecular weight excluding hydrogens is 243 g/mol. The number of aryl methyl sites for hydroxylation is 1. The molecule has 104 valence electrons. The van der Waals surface area contributed by atoms with E-state index in [1.165, 1.54) is 0 Å². The zero-order valence-corrected chi connectivity index (χ0v) is 11.4. The molecule has 3 rings (SSSR count). The number of hydrogen-bond donors (Lipinski definition) is 0. The van der Waals surface area contributed by atoms with Crippen molar-refractivity contribution in [2.24, 2.45) is 0 Å². The lowest BCUT2D eigenvalue weighted by Gasteiger charge is -2.39. The second-order valence-electron chi connectivity index (χ2n) is 5.50. The van der Waals surface area contributed by atoms with E-state index in [4.69, 9.17) is 0 Å². The van der Waals surface area contributed by atoms with Crippen LogP contribution in [0.5, 0.6) is 0 Å². The molecule has 1 aliphatic heterocycles. The second-order valence-corrected chi connectivity index (χ2v) is 5.50. The van der Waals surface area contributed by atoms with Crippen LogP contribution in [0, 0.1) is 6.92 Å². The predicted octanol–water partition coefficient (Wildman–Crippen LogP) is 1.80. The number of rotatable bonds is 2. The average Bonchev–Trinajstić information content (AvgIpc) is 2.85. The van der Waals surface area contributed by atoms with Gasteiger partial charge in [0.15, 0.2) is 0 Å². The first-order chi connectivity index (χ1) is 9.24. The number of nitrogens with zero attached hydrogens (tertiary/aromatic N) is 4. The highest BCUT2D eigenvalue weighted by atomic mass is 19.1. The Morgan fingerprint density at radius 1 is 1.21 bits per heavy atom. The zero-order chi connectivity index (χ0) is 13.2. The lowest BCUT2D eigenvalue weighted by Crippen LogP contribution is -2.52. The van der Waals surface area contributed by atoms with E-state index in [0.29, 0.717) is 0 Å². The Kier molecular flexibility index (Phi) is 3.64. The van der Waals surface area contributed by atoms with Crippen molar-refractivity contribution in [3.8, 4) is 0 Å². The lowest BCUT2D eigenvalue weighted by atomic mass is 10.1. The van der Waals surface area contributed by atoms with Crippen LogP contribution in [-0.2, 0) is 0 Å². The van der Waals surface area contributed by atoms with Gasteiger partial charge in [0.2, 0.25) is 0 Å². The van der Waals surface area contributed by atoms with Crippen LogP contribution < -0.4 is 4.90 Å². The van der Waals surface area contributed by atoms with Gasteiger partial charge in [-0.15, -0.1) is 0 Å². The highest BCUT2D eigenvalue weighted by Crippen LogP contribution is 2.28. The van der Waals surface area contributed by atoms with E-state index in [-0.39, 0.29) is 6.04 Å². The molecule has 0 bridgehead atoms. The molecule has 1 aromatic rings. The summed E-state index contributed by atoms with van der Waals surface area (Å²) in [6.45, 7) is 5.65. The molecule has 2 unspecified atom stereocenters. The fraction of sp³-hybridized carbons (Fsp3) is 0.714. The third kappa shape index (κ3) is 2.71. The Morgan fingerprint density at radius 3 is 2.63 bits per heavy atom. The van der Waals surface area contributed by atoms with E-state index in [9.17, 15) is 4.39 Å². The van der Waals surface area contributed by atoms with Crippen LogP contribution in [0.25, 0.3) is 0 Å². The van der Waals surface area contributed by atoms with E-state index >= 15 is 0 Å². The van der Waals surface area contributed by atoms with Gasteiger partial charge in [0, 0.05) is 38.4 Å². The second kappa shape index (κ2) is 5.41. The van der Waals surface area contributed by atoms with Crippen molar-refractivity contribution in [3.63, 3.8) is 0 Å². The van der Waals surface area contributed by atoms with Crippen molar-refractivity contribution in [1.29, 1.82) is 0 Å². The summed E-state index contributed by atoms with van der Waals surface area (Å²) >= 11 is 0. The fourth-order valence-electron chi connectivity index (χ4n) is 3.21. The van der Waals surface area contributed by atoms with Gasteiger partial charge < -0.3 is 4.90 Å². The van der Waals surface area contributed by atoms with Crippen molar-refractivity contribution < 1.29 is 4.39 Å². The monoisotopic (exact) mass is 264 g/mol. The lowest BCUT2D eigenvalue weighted by molar-refractivity contribution is 0.124. The summed E-state index contributed by atoms with van der Waals surface area (Å²) in [5.74, 6) is 1.80. The van der Waals surface area contributed by atoms with Crippen molar-refractivity contribution >= 4 is 5.82 Å². The minimum Gasteiger partial charge on any atom is -0.354 e. The number of anilines is 1. The van der Waals surface area contributed by atoms with Crippen molar-refractivity contribution in [2.75, 3.05) is 31.1 Å². The van der Waals surface area contributed by atoms with Gasteiger partial charge in [0.25, 0.3) is 0 Å². The van der Waals surface area contributed by atoms with Gasteiger partial charge in [-0.05, 0) is 32.3 Å². The van der Waals surface area contributed by atoms with Crippen LogP contribution in [0.15, 0.2) is 12.3 Å². The van der Waals surface area contributed by atoms with E-state index in [1.807, 2.05) is 13.0 Å². The summed E-state index contributed by atoms with van der Waals surface area (Å²) in [5, 5.41) is 0. The quantitative estimate of drug-likeness (QED) is 0.815. The van der Waals surface area contributed by atoms with E-state index < -0.39 is 6.17 Å². The van der Waals surface area contributed by atoms with Crippen molar-refractivity contribution in [3.05, 3.63) is 18.1 Å². The van der Waals surface area contributed by atoms with E-state index in [0.717, 1.165) is 57.1 Å². The highest BCUT2D eigenvalue weighted by Gasteiger charge is 2.33. The molecule has 5 heteroatoms. The number of piperazine rings is 1. The van der Waals surface area contributed by atoms with Gasteiger partial charge in [-0.25, -0.2) is 14.4 Å².